The normalized spacial score (nSPS) is 21.4. The summed E-state index contributed by atoms with van der Waals surface area (Å²) in [7, 11) is 0. The highest BCUT2D eigenvalue weighted by atomic mass is 16.7. The van der Waals surface area contributed by atoms with Crippen LogP contribution in [-0.2, 0) is 9.47 Å². The van der Waals surface area contributed by atoms with Gasteiger partial charge in [0.05, 0.1) is 5.56 Å². The summed E-state index contributed by atoms with van der Waals surface area (Å²) in [5.74, 6) is -9.11. The molecule has 1 aromatic heterocycles. The zero-order valence-electron chi connectivity index (χ0n) is 22.4. The maximum absolute atomic E-state index is 13.6. The van der Waals surface area contributed by atoms with Crippen LogP contribution in [0.25, 0.3) is 22.3 Å². The molecule has 1 fully saturated rings. The first-order chi connectivity index (χ1) is 21.2. The zero-order chi connectivity index (χ0) is 32.9. The van der Waals surface area contributed by atoms with Gasteiger partial charge in [-0.3, -0.25) is 4.79 Å². The highest BCUT2D eigenvalue weighted by Gasteiger charge is 2.46. The third-order valence-corrected chi connectivity index (χ3v) is 6.84. The van der Waals surface area contributed by atoms with E-state index in [2.05, 4.69) is 0 Å². The van der Waals surface area contributed by atoms with Gasteiger partial charge in [0.25, 0.3) is 0 Å². The molecule has 5 atom stereocenters. The zero-order valence-corrected chi connectivity index (χ0v) is 22.4. The van der Waals surface area contributed by atoms with Gasteiger partial charge in [-0.1, -0.05) is 0 Å². The van der Waals surface area contributed by atoms with Gasteiger partial charge >= 0.3 is 5.97 Å². The van der Waals surface area contributed by atoms with Crippen molar-refractivity contribution >= 4 is 16.9 Å². The molecule has 17 nitrogen and oxygen atoms in total. The van der Waals surface area contributed by atoms with Crippen molar-refractivity contribution in [3.05, 3.63) is 52.2 Å². The fourth-order valence-corrected chi connectivity index (χ4v) is 4.53. The van der Waals surface area contributed by atoms with E-state index in [4.69, 9.17) is 18.6 Å². The number of phenolic OH excluding ortho intramolecular Hbond substituents is 8. The minimum atomic E-state index is -2.07. The molecular weight excluding hydrogens is 608 g/mol. The number of benzene rings is 3. The minimum Gasteiger partial charge on any atom is -0.508 e. The average Bonchev–Trinajstić information content (AvgIpc) is 2.98. The molecule has 1 aliphatic heterocycles. The smallest absolute Gasteiger partial charge is 0.338 e. The van der Waals surface area contributed by atoms with E-state index in [0.717, 1.165) is 36.4 Å². The Labute approximate surface area is 249 Å². The molecule has 0 bridgehead atoms. The van der Waals surface area contributed by atoms with E-state index >= 15 is 0 Å². The van der Waals surface area contributed by atoms with Crippen LogP contribution in [0.1, 0.15) is 10.4 Å². The molecule has 0 unspecified atom stereocenters. The second-order valence-electron chi connectivity index (χ2n) is 9.88. The average molecular weight is 632 g/mol. The quantitative estimate of drug-likeness (QED) is 0.0995. The SMILES string of the molecule is O=C(OC[C@H]1O[C@@H](Oc2c(-c3cc(O)c(O)c(O)c3)oc3cc(O)cc(O)c3c2=O)[C@H](O)[C@@H](O)[C@@H]1O)c1cc(O)c(O)c(O)c1. The number of aromatic hydroxyl groups is 8. The van der Waals surface area contributed by atoms with Crippen molar-refractivity contribution in [3.63, 3.8) is 0 Å². The van der Waals surface area contributed by atoms with Crippen LogP contribution in [0.4, 0.5) is 0 Å². The number of hydrogen-bond acceptors (Lipinski definition) is 17. The molecule has 0 amide bonds. The van der Waals surface area contributed by atoms with Crippen LogP contribution in [-0.4, -0.2) is 99.5 Å². The summed E-state index contributed by atoms with van der Waals surface area (Å²) < 4.78 is 21.8. The third-order valence-electron chi connectivity index (χ3n) is 6.84. The van der Waals surface area contributed by atoms with Gasteiger partial charge in [-0.25, -0.2) is 4.79 Å². The van der Waals surface area contributed by atoms with Crippen LogP contribution in [0.3, 0.4) is 0 Å². The Morgan fingerprint density at radius 3 is 1.91 bits per heavy atom. The fraction of sp³-hybridized carbons (Fsp3) is 0.214. The van der Waals surface area contributed by atoms with Crippen LogP contribution in [0.5, 0.6) is 51.7 Å². The molecule has 0 aliphatic carbocycles. The molecule has 1 saturated heterocycles. The Kier molecular flexibility index (Phi) is 7.86. The van der Waals surface area contributed by atoms with Gasteiger partial charge in [-0.2, -0.15) is 0 Å². The Bertz CT molecular complexity index is 1820. The lowest BCUT2D eigenvalue weighted by molar-refractivity contribution is -0.277. The topological polar surface area (TPSA) is 298 Å². The van der Waals surface area contributed by atoms with Gasteiger partial charge in [0.15, 0.2) is 40.3 Å². The molecule has 238 valence electrons. The van der Waals surface area contributed by atoms with Gasteiger partial charge in [0.2, 0.25) is 17.5 Å². The summed E-state index contributed by atoms with van der Waals surface area (Å²) in [4.78, 5) is 26.0. The van der Waals surface area contributed by atoms with Gasteiger partial charge in [-0.05, 0) is 24.3 Å². The van der Waals surface area contributed by atoms with E-state index in [-0.39, 0.29) is 5.56 Å². The van der Waals surface area contributed by atoms with Crippen LogP contribution >= 0.6 is 0 Å². The Balaban J connectivity index is 1.50. The molecule has 3 aromatic carbocycles. The van der Waals surface area contributed by atoms with Crippen molar-refractivity contribution < 1.29 is 79.6 Å². The van der Waals surface area contributed by atoms with Crippen molar-refractivity contribution in [2.75, 3.05) is 6.61 Å². The number of hydrogen-bond donors (Lipinski definition) is 11. The van der Waals surface area contributed by atoms with E-state index < -0.39 is 123 Å². The maximum atomic E-state index is 13.6. The largest absolute Gasteiger partial charge is 0.508 e. The van der Waals surface area contributed by atoms with E-state index in [9.17, 15) is 65.8 Å². The summed E-state index contributed by atoms with van der Waals surface area (Å²) in [6, 6.07) is 5.02. The number of rotatable bonds is 6. The van der Waals surface area contributed by atoms with Crippen molar-refractivity contribution in [2.45, 2.75) is 30.7 Å². The molecule has 5 rings (SSSR count). The minimum absolute atomic E-state index is 0.295. The number of phenols is 8. The van der Waals surface area contributed by atoms with Gasteiger partial charge in [-0.15, -0.1) is 0 Å². The first kappa shape index (κ1) is 30.8. The number of esters is 1. The van der Waals surface area contributed by atoms with Gasteiger partial charge in [0.1, 0.15) is 53.5 Å². The molecule has 2 heterocycles. The van der Waals surface area contributed by atoms with Crippen molar-refractivity contribution in [1.29, 1.82) is 0 Å². The highest BCUT2D eigenvalue weighted by molar-refractivity contribution is 5.91. The van der Waals surface area contributed by atoms with Crippen molar-refractivity contribution in [3.8, 4) is 63.1 Å². The summed E-state index contributed by atoms with van der Waals surface area (Å²) in [5.41, 5.74) is -2.26. The van der Waals surface area contributed by atoms with Crippen LogP contribution < -0.4 is 10.2 Å². The maximum Gasteiger partial charge on any atom is 0.338 e. The third kappa shape index (κ3) is 5.58. The first-order valence-electron chi connectivity index (χ1n) is 12.7. The van der Waals surface area contributed by atoms with Gasteiger partial charge < -0.3 is 74.8 Å². The number of carbonyl (C=O) groups excluding carboxylic acids is 1. The highest BCUT2D eigenvalue weighted by Crippen LogP contribution is 2.43. The molecule has 1 aliphatic rings. The standard InChI is InChI=1S/C28H24O17/c29-10-5-11(30)18-16(6-10)43-25(8-1-12(31)19(35)13(32)2-8)26(22(18)38)45-28-24(40)23(39)21(37)17(44-28)7-42-27(41)9-3-14(33)20(36)15(34)4-9/h1-6,17,21,23-24,28-37,39-40H,7H2/t17-,21-,23+,24-,28+/m1/s1. The predicted molar refractivity (Wildman–Crippen MR) is 145 cm³/mol. The molecule has 4 aromatic rings. The number of aliphatic hydroxyl groups excluding tert-OH is 3. The van der Waals surface area contributed by atoms with Gasteiger partial charge in [0, 0.05) is 17.7 Å². The van der Waals surface area contributed by atoms with E-state index in [0.29, 0.717) is 0 Å². The molecule has 0 radical (unpaired) electrons. The predicted octanol–water partition coefficient (Wildman–Crippen LogP) is 0.148. The lowest BCUT2D eigenvalue weighted by Gasteiger charge is -2.39. The molecular formula is C28H24O17. The molecule has 0 saturated carbocycles. The molecule has 45 heavy (non-hydrogen) atoms. The molecule has 17 heteroatoms. The van der Waals surface area contributed by atoms with Crippen LogP contribution in [0.15, 0.2) is 45.6 Å². The lowest BCUT2D eigenvalue weighted by Crippen LogP contribution is -2.60. The summed E-state index contributed by atoms with van der Waals surface area (Å²) >= 11 is 0. The molecule has 11 N–H and O–H groups in total. The van der Waals surface area contributed by atoms with Crippen LogP contribution in [0.2, 0.25) is 0 Å². The van der Waals surface area contributed by atoms with E-state index in [1.807, 2.05) is 0 Å². The number of carbonyl (C=O) groups is 1. The Hall–Kier alpha value is -5.62. The summed E-state index contributed by atoms with van der Waals surface area (Å²) in [5, 5.41) is 110. The number of ether oxygens (including phenoxy) is 3. The van der Waals surface area contributed by atoms with Crippen molar-refractivity contribution in [1.82, 2.24) is 0 Å². The lowest BCUT2D eigenvalue weighted by atomic mass is 9.99. The molecule has 0 spiro atoms. The second-order valence-corrected chi connectivity index (χ2v) is 9.88. The fourth-order valence-electron chi connectivity index (χ4n) is 4.53. The number of aliphatic hydroxyl groups is 3. The summed E-state index contributed by atoms with van der Waals surface area (Å²) in [6.07, 6.45) is -9.67. The Morgan fingerprint density at radius 2 is 1.31 bits per heavy atom. The monoisotopic (exact) mass is 632 g/mol. The van der Waals surface area contributed by atoms with Crippen LogP contribution in [0, 0.1) is 0 Å². The first-order valence-corrected chi connectivity index (χ1v) is 12.7. The second kappa shape index (κ2) is 11.5. The van der Waals surface area contributed by atoms with E-state index in [1.165, 1.54) is 0 Å². The summed E-state index contributed by atoms with van der Waals surface area (Å²) in [6.45, 7) is -0.828. The van der Waals surface area contributed by atoms with Crippen molar-refractivity contribution in [2.24, 2.45) is 0 Å². The Morgan fingerprint density at radius 1 is 0.733 bits per heavy atom. The van der Waals surface area contributed by atoms with E-state index in [1.54, 1.807) is 0 Å². The number of fused-ring (bicyclic) bond motifs is 1.